The van der Waals surface area contributed by atoms with Gasteiger partial charge in [-0.25, -0.2) is 0 Å². The molecule has 1 saturated heterocycles. The summed E-state index contributed by atoms with van der Waals surface area (Å²) in [5.41, 5.74) is 3.80. The second kappa shape index (κ2) is 9.94. The molecule has 2 aromatic carbocycles. The Labute approximate surface area is 207 Å². The molecule has 1 amide bonds. The first-order valence-electron chi connectivity index (χ1n) is 12.8. The first kappa shape index (κ1) is 23.7. The fourth-order valence-corrected chi connectivity index (χ4v) is 5.80. The topological polar surface area (TPSA) is 66.9 Å². The number of rotatable bonds is 6. The van der Waals surface area contributed by atoms with Crippen LogP contribution in [0.2, 0.25) is 0 Å². The third-order valence-electron chi connectivity index (χ3n) is 7.93. The molecule has 0 radical (unpaired) electrons. The Morgan fingerprint density at radius 1 is 0.914 bits per heavy atom. The lowest BCUT2D eigenvalue weighted by Crippen LogP contribution is -2.44. The number of Topliss-reactive ketones (excluding diaryl/α,β-unsaturated/α-hetero) is 2. The van der Waals surface area contributed by atoms with Gasteiger partial charge < -0.3 is 9.64 Å². The Morgan fingerprint density at radius 2 is 1.63 bits per heavy atom. The summed E-state index contributed by atoms with van der Waals surface area (Å²) in [7, 11) is 0. The Morgan fingerprint density at radius 3 is 2.34 bits per heavy atom. The summed E-state index contributed by atoms with van der Waals surface area (Å²) in [5.74, 6) is 0.338. The summed E-state index contributed by atoms with van der Waals surface area (Å²) >= 11 is 0. The third kappa shape index (κ3) is 4.90. The van der Waals surface area contributed by atoms with Crippen LogP contribution in [0.5, 0.6) is 5.75 Å². The molecule has 2 aliphatic heterocycles. The molecule has 35 heavy (non-hydrogen) atoms. The molecule has 1 aliphatic carbocycles. The maximum absolute atomic E-state index is 13.0. The van der Waals surface area contributed by atoms with Crippen LogP contribution in [-0.4, -0.2) is 45.4 Å². The number of carbonyl (C=O) groups excluding carboxylic acids is 3. The van der Waals surface area contributed by atoms with E-state index in [1.807, 2.05) is 12.1 Å². The van der Waals surface area contributed by atoms with Gasteiger partial charge in [-0.2, -0.15) is 0 Å². The number of carbonyl (C=O) groups is 3. The number of amides is 1. The van der Waals surface area contributed by atoms with Crippen LogP contribution in [0, 0.1) is 0 Å². The van der Waals surface area contributed by atoms with Gasteiger partial charge in [-0.1, -0.05) is 36.8 Å². The van der Waals surface area contributed by atoms with Crippen LogP contribution >= 0.6 is 0 Å². The lowest BCUT2D eigenvalue weighted by atomic mass is 9.92. The first-order valence-corrected chi connectivity index (χ1v) is 12.8. The van der Waals surface area contributed by atoms with Crippen molar-refractivity contribution in [1.82, 2.24) is 9.80 Å². The molecule has 184 valence electrons. The van der Waals surface area contributed by atoms with Crippen LogP contribution in [0.15, 0.2) is 42.5 Å². The summed E-state index contributed by atoms with van der Waals surface area (Å²) in [6, 6.07) is 14.8. The number of ether oxygens (including phenoxy) is 1. The number of hydrogen-bond donors (Lipinski definition) is 0. The number of hydrogen-bond acceptors (Lipinski definition) is 5. The van der Waals surface area contributed by atoms with Crippen molar-refractivity contribution in [2.45, 2.75) is 90.2 Å². The maximum Gasteiger partial charge on any atom is 0.255 e. The van der Waals surface area contributed by atoms with Gasteiger partial charge in [0.15, 0.2) is 5.78 Å². The van der Waals surface area contributed by atoms with Crippen molar-refractivity contribution in [3.8, 4) is 5.75 Å². The van der Waals surface area contributed by atoms with Crippen LogP contribution in [-0.2, 0) is 29.3 Å². The molecule has 6 nitrogen and oxygen atoms in total. The highest BCUT2D eigenvalue weighted by atomic mass is 16.5. The van der Waals surface area contributed by atoms with Gasteiger partial charge >= 0.3 is 0 Å². The lowest BCUT2D eigenvalue weighted by Gasteiger charge is -2.39. The maximum atomic E-state index is 13.0. The third-order valence-corrected chi connectivity index (χ3v) is 7.93. The zero-order valence-electron chi connectivity index (χ0n) is 20.7. The molecule has 3 unspecified atom stereocenters. The fraction of sp³-hybridized carbons (Fsp3) is 0.483. The summed E-state index contributed by atoms with van der Waals surface area (Å²) in [4.78, 5) is 41.3. The number of likely N-dealkylation sites (tertiary alicyclic amines) is 1. The number of benzene rings is 2. The molecule has 6 heteroatoms. The van der Waals surface area contributed by atoms with Gasteiger partial charge in [-0.05, 0) is 56.4 Å². The van der Waals surface area contributed by atoms with Gasteiger partial charge in [-0.15, -0.1) is 0 Å². The number of piperidine rings is 1. The van der Waals surface area contributed by atoms with E-state index < -0.39 is 6.04 Å². The van der Waals surface area contributed by atoms with Gasteiger partial charge in [-0.3, -0.25) is 19.3 Å². The van der Waals surface area contributed by atoms with Crippen molar-refractivity contribution in [2.75, 3.05) is 0 Å². The molecule has 1 saturated carbocycles. The molecule has 3 atom stereocenters. The van der Waals surface area contributed by atoms with E-state index in [1.54, 1.807) is 11.0 Å². The van der Waals surface area contributed by atoms with Crippen molar-refractivity contribution < 1.29 is 19.1 Å². The van der Waals surface area contributed by atoms with Crippen LogP contribution in [0.25, 0.3) is 0 Å². The van der Waals surface area contributed by atoms with Crippen molar-refractivity contribution in [3.05, 3.63) is 64.7 Å². The van der Waals surface area contributed by atoms with Crippen molar-refractivity contribution in [2.24, 2.45) is 0 Å². The number of nitrogens with zero attached hydrogens (tertiary/aromatic N) is 2. The molecule has 2 heterocycles. The second-order valence-corrected chi connectivity index (χ2v) is 10.4. The highest BCUT2D eigenvalue weighted by Crippen LogP contribution is 2.34. The summed E-state index contributed by atoms with van der Waals surface area (Å²) < 4.78 is 6.16. The smallest absolute Gasteiger partial charge is 0.255 e. The van der Waals surface area contributed by atoms with E-state index in [0.717, 1.165) is 17.7 Å². The molecular formula is C29H34N2O4. The van der Waals surface area contributed by atoms with Crippen LogP contribution in [0.4, 0.5) is 0 Å². The molecule has 2 aromatic rings. The lowest BCUT2D eigenvalue weighted by molar-refractivity contribution is -0.133. The van der Waals surface area contributed by atoms with Gasteiger partial charge in [0.2, 0.25) is 0 Å². The molecule has 0 spiro atoms. The van der Waals surface area contributed by atoms with E-state index in [2.05, 4.69) is 43.0 Å². The highest BCUT2D eigenvalue weighted by Gasteiger charge is 2.40. The standard InChI is InChI=1S/C29H34N2O4/c1-19-5-3-6-20(2)30(19)16-21-9-11-22(12-10-21)18-35-28-8-4-7-24-25(28)17-31(29(24)34)26-14-13-23(32)15-27(26)33/h4,7-12,19-20,26H,3,5-6,13-18H2,1-2H3. The van der Waals surface area contributed by atoms with Gasteiger partial charge in [0.1, 0.15) is 18.1 Å². The fourth-order valence-electron chi connectivity index (χ4n) is 5.80. The van der Waals surface area contributed by atoms with Gasteiger partial charge in [0.05, 0.1) is 19.0 Å². The monoisotopic (exact) mass is 474 g/mol. The van der Waals surface area contributed by atoms with E-state index in [-0.39, 0.29) is 23.9 Å². The molecule has 5 rings (SSSR count). The zero-order chi connectivity index (χ0) is 24.5. The summed E-state index contributed by atoms with van der Waals surface area (Å²) in [5, 5.41) is 0. The van der Waals surface area contributed by atoms with Gasteiger partial charge in [0.25, 0.3) is 5.91 Å². The molecule has 0 bridgehead atoms. The Balaban J connectivity index is 1.23. The van der Waals surface area contributed by atoms with Crippen molar-refractivity contribution >= 4 is 17.5 Å². The quantitative estimate of drug-likeness (QED) is 0.569. The minimum absolute atomic E-state index is 0.0367. The van der Waals surface area contributed by atoms with E-state index >= 15 is 0 Å². The predicted octanol–water partition coefficient (Wildman–Crippen LogP) is 4.68. The second-order valence-electron chi connectivity index (χ2n) is 10.4. The Hall–Kier alpha value is -2.99. The highest BCUT2D eigenvalue weighted by molar-refractivity contribution is 6.07. The van der Waals surface area contributed by atoms with E-state index in [4.69, 9.17) is 4.74 Å². The molecule has 0 aromatic heterocycles. The van der Waals surface area contributed by atoms with E-state index in [1.165, 1.54) is 24.8 Å². The van der Waals surface area contributed by atoms with Crippen LogP contribution < -0.4 is 4.74 Å². The van der Waals surface area contributed by atoms with E-state index in [9.17, 15) is 14.4 Å². The van der Waals surface area contributed by atoms with Crippen LogP contribution in [0.1, 0.15) is 79.4 Å². The predicted molar refractivity (Wildman–Crippen MR) is 133 cm³/mol. The molecule has 3 aliphatic rings. The van der Waals surface area contributed by atoms with E-state index in [0.29, 0.717) is 49.4 Å². The normalized spacial score (nSPS) is 25.1. The molecule has 2 fully saturated rings. The minimum atomic E-state index is -0.515. The first-order chi connectivity index (χ1) is 16.9. The average Bonchev–Trinajstić information content (AvgIpc) is 3.18. The van der Waals surface area contributed by atoms with Crippen LogP contribution in [0.3, 0.4) is 0 Å². The minimum Gasteiger partial charge on any atom is -0.489 e. The molecule has 0 N–H and O–H groups in total. The van der Waals surface area contributed by atoms with Crippen molar-refractivity contribution in [1.29, 1.82) is 0 Å². The number of ketones is 2. The largest absolute Gasteiger partial charge is 0.489 e. The summed E-state index contributed by atoms with van der Waals surface area (Å²) in [6.45, 7) is 6.38. The average molecular weight is 475 g/mol. The van der Waals surface area contributed by atoms with Crippen molar-refractivity contribution in [3.63, 3.8) is 0 Å². The SMILES string of the molecule is CC1CCCC(C)N1Cc1ccc(COc2cccc3c2CN(C2CCC(=O)CC2=O)C3=O)cc1. The zero-order valence-corrected chi connectivity index (χ0v) is 20.7. The van der Waals surface area contributed by atoms with Gasteiger partial charge in [0, 0.05) is 36.2 Å². The summed E-state index contributed by atoms with van der Waals surface area (Å²) in [6.07, 6.45) is 4.55. The molecular weight excluding hydrogens is 440 g/mol. The number of fused-ring (bicyclic) bond motifs is 1. The Kier molecular flexibility index (Phi) is 6.74. The Bertz CT molecular complexity index is 1120.